The fourth-order valence-corrected chi connectivity index (χ4v) is 10.2. The van der Waals surface area contributed by atoms with Gasteiger partial charge in [-0.3, -0.25) is 9.59 Å². The lowest BCUT2D eigenvalue weighted by molar-refractivity contribution is -0.128. The molecule has 74 heavy (non-hydrogen) atoms. The zero-order chi connectivity index (χ0) is 51.0. The van der Waals surface area contributed by atoms with Crippen molar-refractivity contribution in [2.24, 2.45) is 17.9 Å². The zero-order valence-electron chi connectivity index (χ0n) is 42.0. The molecule has 0 radical (unpaired) electrons. The number of hydrogen-bond acceptors (Lipinski definition) is 9. The van der Waals surface area contributed by atoms with Crippen LogP contribution in [-0.2, 0) is 18.3 Å². The number of Topliss-reactive ketones (excluding diaryl/α,β-unsaturated/α-hetero) is 2. The normalized spacial score (nSPS) is 12.5. The number of aromatic nitrogens is 5. The maximum absolute atomic E-state index is 14.2. The van der Waals surface area contributed by atoms with Crippen LogP contribution in [0.15, 0.2) is 209 Å². The van der Waals surface area contributed by atoms with Crippen LogP contribution in [0, 0.1) is 10.8 Å². The van der Waals surface area contributed by atoms with Crippen LogP contribution in [0.3, 0.4) is 0 Å². The Morgan fingerprint density at radius 1 is 0.486 bits per heavy atom. The van der Waals surface area contributed by atoms with E-state index in [0.717, 1.165) is 61.3 Å². The Morgan fingerprint density at radius 2 is 0.919 bits per heavy atom. The number of anilines is 3. The second kappa shape index (κ2) is 19.5. The van der Waals surface area contributed by atoms with E-state index in [0.29, 0.717) is 47.5 Å². The van der Waals surface area contributed by atoms with Gasteiger partial charge in [-0.2, -0.15) is 0 Å². The first-order chi connectivity index (χ1) is 35.9. The van der Waals surface area contributed by atoms with Gasteiger partial charge < -0.3 is 18.3 Å². The van der Waals surface area contributed by atoms with Gasteiger partial charge >= 0.3 is 0 Å². The molecule has 1 unspecified atom stereocenters. The third kappa shape index (κ3) is 9.22. The molecule has 11 rings (SSSR count). The molecule has 0 spiro atoms. The maximum atomic E-state index is 14.2. The summed E-state index contributed by atoms with van der Waals surface area (Å²) in [5.41, 5.74) is 10.6. The Bertz CT molecular complexity index is 3740. The third-order valence-corrected chi connectivity index (χ3v) is 14.5. The Morgan fingerprint density at radius 3 is 1.47 bits per heavy atom. The minimum absolute atomic E-state index is 0.0310. The van der Waals surface area contributed by atoms with E-state index < -0.39 is 10.8 Å². The Balaban J connectivity index is 0.710. The van der Waals surface area contributed by atoms with Crippen LogP contribution in [-0.4, -0.2) is 36.5 Å². The van der Waals surface area contributed by atoms with Crippen molar-refractivity contribution in [3.05, 3.63) is 211 Å². The van der Waals surface area contributed by atoms with Gasteiger partial charge in [0.15, 0.2) is 5.78 Å². The minimum Gasteiger partial charge on any atom is -0.416 e. The molecule has 1 atom stereocenters. The molecule has 0 saturated heterocycles. The lowest BCUT2D eigenvalue weighted by Gasteiger charge is -2.35. The van der Waals surface area contributed by atoms with Crippen molar-refractivity contribution in [3.8, 4) is 56.9 Å². The fraction of sp³-hybridized carbons (Fsp3) is 0.156. The van der Waals surface area contributed by atoms with Crippen molar-refractivity contribution in [2.45, 2.75) is 47.0 Å². The first kappa shape index (κ1) is 47.3. The van der Waals surface area contributed by atoms with Crippen molar-refractivity contribution in [3.63, 3.8) is 0 Å². The molecule has 0 aliphatic carbocycles. The SMILES string of the molecule is CCC(C)(CC(C)(C)C(=O)c1ccc(-c2nnc(-c3ccc(N(c4ccccc4)c4ccccc4)cc3)o2)cc1)C(=O)Cc1ccc(-c2ccc(-c3nnc(-c4ccc5c(c4)c4ccccc4n5C)o3)cc2)cc1. The van der Waals surface area contributed by atoms with Gasteiger partial charge in [0.05, 0.1) is 0 Å². The lowest BCUT2D eigenvalue weighted by Crippen LogP contribution is -2.37. The van der Waals surface area contributed by atoms with Gasteiger partial charge in [0.25, 0.3) is 0 Å². The third-order valence-electron chi connectivity index (χ3n) is 14.5. The predicted octanol–water partition coefficient (Wildman–Crippen LogP) is 15.7. The summed E-state index contributed by atoms with van der Waals surface area (Å²) in [5.74, 6) is 1.74. The van der Waals surface area contributed by atoms with E-state index in [4.69, 9.17) is 8.83 Å². The van der Waals surface area contributed by atoms with E-state index in [1.165, 1.54) is 10.9 Å². The summed E-state index contributed by atoms with van der Waals surface area (Å²) < 4.78 is 14.5. The number of rotatable bonds is 16. The van der Waals surface area contributed by atoms with Crippen LogP contribution in [0.25, 0.3) is 78.7 Å². The van der Waals surface area contributed by atoms with Crippen molar-refractivity contribution in [2.75, 3.05) is 4.90 Å². The van der Waals surface area contributed by atoms with Gasteiger partial charge in [-0.25, -0.2) is 0 Å². The summed E-state index contributed by atoms with van der Waals surface area (Å²) in [6.07, 6.45) is 1.28. The standard InChI is InChI=1S/C64H54N6O4/c1-6-64(4,57(71)39-42-21-23-43(24-22-42)44-25-29-46(30-26-44)60-67-68-62(74-60)49-35-38-56-54(40-49)53-19-13-14-20-55(53)69(56)5)41-63(2,3)58(72)45-27-31-47(32-28-45)59-65-66-61(73-59)48-33-36-52(37-34-48)70(50-15-9-7-10-16-50)51-17-11-8-12-18-51/h7-38,40H,6,39,41H2,1-5H3. The molecule has 0 N–H and O–H groups in total. The molecule has 0 fully saturated rings. The molecule has 364 valence electrons. The van der Waals surface area contributed by atoms with Gasteiger partial charge in [-0.05, 0) is 127 Å². The topological polar surface area (TPSA) is 120 Å². The van der Waals surface area contributed by atoms with Crippen molar-refractivity contribution in [1.29, 1.82) is 0 Å². The average Bonchev–Trinajstić information content (AvgIpc) is 4.21. The maximum Gasteiger partial charge on any atom is 0.248 e. The van der Waals surface area contributed by atoms with Gasteiger partial charge in [0.2, 0.25) is 23.6 Å². The lowest BCUT2D eigenvalue weighted by atomic mass is 9.66. The number of ketones is 2. The molecule has 0 amide bonds. The predicted molar refractivity (Wildman–Crippen MR) is 294 cm³/mol. The molecule has 0 bridgehead atoms. The number of aryl methyl sites for hydroxylation is 1. The highest BCUT2D eigenvalue weighted by molar-refractivity contribution is 6.09. The molecule has 8 aromatic carbocycles. The molecule has 11 aromatic rings. The van der Waals surface area contributed by atoms with Gasteiger partial charge in [-0.15, -0.1) is 20.4 Å². The van der Waals surface area contributed by atoms with Gasteiger partial charge in [0, 0.05) is 91.0 Å². The Hall–Kier alpha value is -9.02. The number of nitrogens with zero attached hydrogens (tertiary/aromatic N) is 6. The highest BCUT2D eigenvalue weighted by Gasteiger charge is 2.41. The largest absolute Gasteiger partial charge is 0.416 e. The van der Waals surface area contributed by atoms with E-state index in [1.807, 2.05) is 155 Å². The molecule has 0 aliphatic rings. The number of carbonyl (C=O) groups is 2. The number of para-hydroxylation sites is 3. The zero-order valence-corrected chi connectivity index (χ0v) is 42.0. The van der Waals surface area contributed by atoms with Gasteiger partial charge in [-0.1, -0.05) is 131 Å². The molecule has 0 aliphatic heterocycles. The Kier molecular flexibility index (Phi) is 12.5. The summed E-state index contributed by atoms with van der Waals surface area (Å²) in [5, 5.41) is 19.8. The fourth-order valence-electron chi connectivity index (χ4n) is 10.2. The summed E-state index contributed by atoms with van der Waals surface area (Å²) in [6, 6.07) is 66.6. The highest BCUT2D eigenvalue weighted by Crippen LogP contribution is 2.41. The number of hydrogen-bond donors (Lipinski definition) is 0. The van der Waals surface area contributed by atoms with E-state index in [-0.39, 0.29) is 18.0 Å². The number of carbonyl (C=O) groups excluding carboxylic acids is 2. The molecule has 3 aromatic heterocycles. The van der Waals surface area contributed by atoms with E-state index in [1.54, 1.807) is 12.1 Å². The first-order valence-corrected chi connectivity index (χ1v) is 25.0. The van der Waals surface area contributed by atoms with Crippen LogP contribution in [0.4, 0.5) is 17.1 Å². The summed E-state index contributed by atoms with van der Waals surface area (Å²) in [7, 11) is 2.08. The van der Waals surface area contributed by atoms with Crippen LogP contribution in [0.1, 0.15) is 56.5 Å². The van der Waals surface area contributed by atoms with Crippen LogP contribution in [0.5, 0.6) is 0 Å². The van der Waals surface area contributed by atoms with Crippen molar-refractivity contribution < 1.29 is 18.4 Å². The quantitative estimate of drug-likeness (QED) is 0.0872. The molecule has 10 heteroatoms. The second-order valence-electron chi connectivity index (χ2n) is 19.9. The summed E-state index contributed by atoms with van der Waals surface area (Å²) in [6.45, 7) is 7.88. The van der Waals surface area contributed by atoms with Crippen LogP contribution >= 0.6 is 0 Å². The monoisotopic (exact) mass is 970 g/mol. The molecular weight excluding hydrogens is 917 g/mol. The minimum atomic E-state index is -0.813. The summed E-state index contributed by atoms with van der Waals surface area (Å²) in [4.78, 5) is 30.5. The first-order valence-electron chi connectivity index (χ1n) is 25.0. The van der Waals surface area contributed by atoms with E-state index in [9.17, 15) is 9.59 Å². The van der Waals surface area contributed by atoms with E-state index in [2.05, 4.69) is 97.6 Å². The molecule has 10 nitrogen and oxygen atoms in total. The molecule has 0 saturated carbocycles. The van der Waals surface area contributed by atoms with Crippen LogP contribution in [0.2, 0.25) is 0 Å². The second-order valence-corrected chi connectivity index (χ2v) is 19.9. The summed E-state index contributed by atoms with van der Waals surface area (Å²) >= 11 is 0. The van der Waals surface area contributed by atoms with Crippen LogP contribution < -0.4 is 4.90 Å². The smallest absolute Gasteiger partial charge is 0.248 e. The number of benzene rings is 8. The average molecular weight is 971 g/mol. The molecular formula is C64H54N6O4. The highest BCUT2D eigenvalue weighted by atomic mass is 16.4. The van der Waals surface area contributed by atoms with Gasteiger partial charge in [0.1, 0.15) is 5.78 Å². The van der Waals surface area contributed by atoms with E-state index >= 15 is 0 Å². The van der Waals surface area contributed by atoms with Crippen molar-refractivity contribution in [1.82, 2.24) is 25.0 Å². The number of fused-ring (bicyclic) bond motifs is 3. The van der Waals surface area contributed by atoms with Crippen molar-refractivity contribution >= 4 is 50.4 Å². The Labute approximate surface area is 430 Å². The molecule has 3 heterocycles.